The highest BCUT2D eigenvalue weighted by Gasteiger charge is 2.43. The van der Waals surface area contributed by atoms with E-state index in [4.69, 9.17) is 0 Å². The number of hydrogen-bond acceptors (Lipinski definition) is 2. The Hall–Kier alpha value is -0.860. The van der Waals surface area contributed by atoms with Gasteiger partial charge < -0.3 is 5.32 Å². The first-order valence-corrected chi connectivity index (χ1v) is 4.92. The number of ketones is 1. The zero-order valence-corrected chi connectivity index (χ0v) is 9.97. The summed E-state index contributed by atoms with van der Waals surface area (Å²) in [6, 6.07) is 0. The lowest BCUT2D eigenvalue weighted by atomic mass is 9.69. The van der Waals surface area contributed by atoms with Gasteiger partial charge in [-0.1, -0.05) is 27.7 Å². The summed E-state index contributed by atoms with van der Waals surface area (Å²) in [6.07, 6.45) is 0.648. The molecule has 0 fully saturated rings. The summed E-state index contributed by atoms with van der Waals surface area (Å²) in [6.45, 7) is 11.2. The molecule has 0 aliphatic rings. The van der Waals surface area contributed by atoms with Gasteiger partial charge in [-0.2, -0.15) is 0 Å². The van der Waals surface area contributed by atoms with E-state index in [0.717, 1.165) is 0 Å². The third-order valence-corrected chi connectivity index (χ3v) is 3.12. The molecule has 14 heavy (non-hydrogen) atoms. The third kappa shape index (κ3) is 2.34. The van der Waals surface area contributed by atoms with Crippen molar-refractivity contribution in [2.24, 2.45) is 11.3 Å². The quantitative estimate of drug-likeness (QED) is 0.686. The molecule has 0 saturated carbocycles. The molecule has 0 atom stereocenters. The predicted molar refractivity (Wildman–Crippen MR) is 56.9 cm³/mol. The Labute approximate surface area is 86.3 Å². The molecule has 0 aliphatic heterocycles. The lowest BCUT2D eigenvalue weighted by Gasteiger charge is -2.40. The zero-order chi connectivity index (χ0) is 11.6. The summed E-state index contributed by atoms with van der Waals surface area (Å²) in [5.41, 5.74) is -1.07. The average molecular weight is 199 g/mol. The molecular weight excluding hydrogens is 178 g/mol. The number of nitrogens with one attached hydrogen (secondary N) is 1. The summed E-state index contributed by atoms with van der Waals surface area (Å²) in [4.78, 5) is 22.4. The summed E-state index contributed by atoms with van der Waals surface area (Å²) < 4.78 is 0. The molecule has 0 rings (SSSR count). The van der Waals surface area contributed by atoms with Gasteiger partial charge in [0, 0.05) is 16.9 Å². The van der Waals surface area contributed by atoms with E-state index in [0.29, 0.717) is 6.41 Å². The van der Waals surface area contributed by atoms with Crippen LogP contribution in [-0.4, -0.2) is 17.7 Å². The number of carbonyl (C=O) groups excluding carboxylic acids is 2. The molecule has 3 heteroatoms. The minimum atomic E-state index is -0.553. The molecule has 1 N–H and O–H groups in total. The Balaban J connectivity index is 4.92. The van der Waals surface area contributed by atoms with E-state index in [1.54, 1.807) is 0 Å². The van der Waals surface area contributed by atoms with Crippen molar-refractivity contribution in [2.75, 3.05) is 0 Å². The molecule has 0 radical (unpaired) electrons. The fourth-order valence-corrected chi connectivity index (χ4v) is 1.36. The molecule has 1 amide bonds. The molecule has 0 aromatic heterocycles. The molecule has 0 aromatic carbocycles. The molecule has 0 aromatic rings. The van der Waals surface area contributed by atoms with Crippen LogP contribution in [0.25, 0.3) is 0 Å². The van der Waals surface area contributed by atoms with Crippen LogP contribution in [0.1, 0.15) is 41.5 Å². The van der Waals surface area contributed by atoms with Crippen molar-refractivity contribution in [1.82, 2.24) is 5.32 Å². The first-order valence-electron chi connectivity index (χ1n) is 4.92. The smallest absolute Gasteiger partial charge is 0.207 e. The van der Waals surface area contributed by atoms with E-state index in [1.807, 2.05) is 41.5 Å². The number of Topliss-reactive ketones (excluding diaryl/α,β-unsaturated/α-hetero) is 1. The minimum absolute atomic E-state index is 0.0160. The lowest BCUT2D eigenvalue weighted by molar-refractivity contribution is -0.134. The Morgan fingerprint density at radius 3 is 1.93 bits per heavy atom. The number of amides is 1. The van der Waals surface area contributed by atoms with Crippen molar-refractivity contribution in [3.63, 3.8) is 0 Å². The lowest BCUT2D eigenvalue weighted by Crippen LogP contribution is -2.55. The van der Waals surface area contributed by atoms with Gasteiger partial charge in [-0.25, -0.2) is 0 Å². The van der Waals surface area contributed by atoms with Crippen LogP contribution >= 0.6 is 0 Å². The molecule has 0 spiro atoms. The maximum absolute atomic E-state index is 11.9. The Kier molecular flexibility index (Phi) is 3.86. The second-order valence-electron chi connectivity index (χ2n) is 5.03. The van der Waals surface area contributed by atoms with Gasteiger partial charge in [0.25, 0.3) is 0 Å². The summed E-state index contributed by atoms with van der Waals surface area (Å²) in [5.74, 6) is 0.148. The van der Waals surface area contributed by atoms with E-state index in [1.165, 1.54) is 0 Å². The fourth-order valence-electron chi connectivity index (χ4n) is 1.36. The van der Waals surface area contributed by atoms with E-state index in [-0.39, 0.29) is 11.7 Å². The van der Waals surface area contributed by atoms with Crippen molar-refractivity contribution >= 4 is 12.2 Å². The van der Waals surface area contributed by atoms with E-state index >= 15 is 0 Å². The molecular formula is C11H21NO2. The molecule has 0 heterocycles. The number of rotatable bonds is 5. The highest BCUT2D eigenvalue weighted by atomic mass is 16.1. The van der Waals surface area contributed by atoms with E-state index in [2.05, 4.69) is 5.32 Å². The van der Waals surface area contributed by atoms with Gasteiger partial charge in [-0.15, -0.1) is 0 Å². The average Bonchev–Trinajstić information content (AvgIpc) is 2.02. The van der Waals surface area contributed by atoms with Gasteiger partial charge >= 0.3 is 0 Å². The van der Waals surface area contributed by atoms with Crippen LogP contribution in [0, 0.1) is 11.3 Å². The van der Waals surface area contributed by atoms with E-state index in [9.17, 15) is 9.59 Å². The van der Waals surface area contributed by atoms with Crippen LogP contribution in [0.4, 0.5) is 0 Å². The van der Waals surface area contributed by atoms with Crippen molar-refractivity contribution in [2.45, 2.75) is 47.1 Å². The minimum Gasteiger partial charge on any atom is -0.353 e. The standard InChI is InChI=1S/C11H21NO2/c1-8(2)9(14)10(3,4)11(5,6)12-7-13/h7-8H,1-6H3,(H,12,13). The highest BCUT2D eigenvalue weighted by molar-refractivity contribution is 5.87. The van der Waals surface area contributed by atoms with Gasteiger partial charge in [0.2, 0.25) is 6.41 Å². The molecule has 0 saturated heterocycles. The first kappa shape index (κ1) is 13.1. The SMILES string of the molecule is CC(C)C(=O)C(C)(C)C(C)(C)NC=O. The number of hydrogen-bond donors (Lipinski definition) is 1. The van der Waals surface area contributed by atoms with Gasteiger partial charge in [0.15, 0.2) is 0 Å². The largest absolute Gasteiger partial charge is 0.353 e. The van der Waals surface area contributed by atoms with Gasteiger partial charge in [0.1, 0.15) is 5.78 Å². The van der Waals surface area contributed by atoms with Gasteiger partial charge in [-0.05, 0) is 13.8 Å². The molecule has 0 aliphatic carbocycles. The maximum atomic E-state index is 11.9. The number of carbonyl (C=O) groups is 2. The van der Waals surface area contributed by atoms with Gasteiger partial charge in [-0.3, -0.25) is 9.59 Å². The topological polar surface area (TPSA) is 46.2 Å². The molecule has 82 valence electrons. The Morgan fingerprint density at radius 1 is 1.21 bits per heavy atom. The normalized spacial score (nSPS) is 12.8. The Morgan fingerprint density at radius 2 is 1.64 bits per heavy atom. The summed E-state index contributed by atoms with van der Waals surface area (Å²) >= 11 is 0. The predicted octanol–water partition coefficient (Wildman–Crippen LogP) is 1.76. The van der Waals surface area contributed by atoms with Crippen LogP contribution in [-0.2, 0) is 9.59 Å². The van der Waals surface area contributed by atoms with Crippen LogP contribution in [0.3, 0.4) is 0 Å². The monoisotopic (exact) mass is 199 g/mol. The molecule has 3 nitrogen and oxygen atoms in total. The Bertz CT molecular complexity index is 229. The molecule has 0 unspecified atom stereocenters. The van der Waals surface area contributed by atoms with Crippen LogP contribution < -0.4 is 5.32 Å². The summed E-state index contributed by atoms with van der Waals surface area (Å²) in [7, 11) is 0. The van der Waals surface area contributed by atoms with Gasteiger partial charge in [0.05, 0.1) is 0 Å². The van der Waals surface area contributed by atoms with Crippen molar-refractivity contribution in [3.05, 3.63) is 0 Å². The van der Waals surface area contributed by atoms with Crippen molar-refractivity contribution < 1.29 is 9.59 Å². The third-order valence-electron chi connectivity index (χ3n) is 3.12. The first-order chi connectivity index (χ1) is 6.16. The maximum Gasteiger partial charge on any atom is 0.207 e. The second-order valence-corrected chi connectivity index (χ2v) is 5.03. The van der Waals surface area contributed by atoms with Crippen LogP contribution in [0.15, 0.2) is 0 Å². The zero-order valence-electron chi connectivity index (χ0n) is 9.97. The highest BCUT2D eigenvalue weighted by Crippen LogP contribution is 2.33. The van der Waals surface area contributed by atoms with Crippen LogP contribution in [0.2, 0.25) is 0 Å². The summed E-state index contributed by atoms with van der Waals surface area (Å²) in [5, 5.41) is 2.70. The van der Waals surface area contributed by atoms with E-state index < -0.39 is 11.0 Å². The second kappa shape index (κ2) is 4.11. The van der Waals surface area contributed by atoms with Crippen LogP contribution in [0.5, 0.6) is 0 Å². The fraction of sp³-hybridized carbons (Fsp3) is 0.818. The van der Waals surface area contributed by atoms with Crippen molar-refractivity contribution in [3.8, 4) is 0 Å². The molecule has 0 bridgehead atoms. The van der Waals surface area contributed by atoms with Crippen molar-refractivity contribution in [1.29, 1.82) is 0 Å².